The first-order chi connectivity index (χ1) is 9.61. The normalized spacial score (nSPS) is 9.80. The van der Waals surface area contributed by atoms with Crippen molar-refractivity contribution in [2.45, 2.75) is 6.54 Å². The second kappa shape index (κ2) is 5.99. The monoisotopic (exact) mass is 288 g/mol. The van der Waals surface area contributed by atoms with Gasteiger partial charge in [-0.15, -0.1) is 0 Å². The molecular weight excluding hydrogens is 280 g/mol. The lowest BCUT2D eigenvalue weighted by atomic mass is 10.1. The molecule has 0 aliphatic rings. The molecule has 0 atom stereocenters. The number of rotatable bonds is 4. The number of aromatic nitrogens is 2. The van der Waals surface area contributed by atoms with Crippen molar-refractivity contribution in [1.82, 2.24) is 9.97 Å². The van der Waals surface area contributed by atoms with E-state index in [0.717, 1.165) is 11.8 Å². The zero-order valence-electron chi connectivity index (χ0n) is 10.2. The van der Waals surface area contributed by atoms with Crippen molar-refractivity contribution < 1.29 is 9.90 Å². The minimum absolute atomic E-state index is 0.0499. The van der Waals surface area contributed by atoms with Gasteiger partial charge < -0.3 is 10.4 Å². The molecule has 0 radical (unpaired) electrons. The summed E-state index contributed by atoms with van der Waals surface area (Å²) < 4.78 is 0. The second-order valence-corrected chi connectivity index (χ2v) is 4.17. The van der Waals surface area contributed by atoms with Crippen molar-refractivity contribution in [2.24, 2.45) is 0 Å². The largest absolute Gasteiger partial charge is 0.477 e. The van der Waals surface area contributed by atoms with Crippen LogP contribution in [0.5, 0.6) is 0 Å². The number of carboxylic acid groups (broad SMARTS) is 1. The number of hydrogen-bond donors (Lipinski definition) is 2. The Balaban J connectivity index is 2.25. The first kappa shape index (κ1) is 13.8. The number of carboxylic acids is 1. The van der Waals surface area contributed by atoms with E-state index >= 15 is 0 Å². The summed E-state index contributed by atoms with van der Waals surface area (Å²) in [5.41, 5.74) is 1.17. The van der Waals surface area contributed by atoms with E-state index in [1.54, 1.807) is 24.3 Å². The van der Waals surface area contributed by atoms with E-state index < -0.39 is 5.97 Å². The highest BCUT2D eigenvalue weighted by Crippen LogP contribution is 2.16. The summed E-state index contributed by atoms with van der Waals surface area (Å²) in [4.78, 5) is 18.5. The summed E-state index contributed by atoms with van der Waals surface area (Å²) in [6.07, 6.45) is 1.14. The average molecular weight is 289 g/mol. The van der Waals surface area contributed by atoms with E-state index in [2.05, 4.69) is 21.4 Å². The number of anilines is 1. The molecule has 100 valence electrons. The summed E-state index contributed by atoms with van der Waals surface area (Å²) in [5, 5.41) is 20.8. The molecule has 0 fully saturated rings. The van der Waals surface area contributed by atoms with Crippen molar-refractivity contribution in [3.8, 4) is 6.07 Å². The fourth-order valence-electron chi connectivity index (χ4n) is 1.61. The van der Waals surface area contributed by atoms with E-state index in [-0.39, 0.29) is 23.2 Å². The van der Waals surface area contributed by atoms with Crippen LogP contribution in [0.15, 0.2) is 30.5 Å². The van der Waals surface area contributed by atoms with Crippen molar-refractivity contribution in [3.05, 3.63) is 52.4 Å². The van der Waals surface area contributed by atoms with Gasteiger partial charge in [0.15, 0.2) is 0 Å². The predicted molar refractivity (Wildman–Crippen MR) is 72.5 cm³/mol. The molecule has 2 rings (SSSR count). The zero-order valence-corrected chi connectivity index (χ0v) is 10.9. The Morgan fingerprint density at radius 2 is 2.20 bits per heavy atom. The van der Waals surface area contributed by atoms with Crippen molar-refractivity contribution in [3.63, 3.8) is 0 Å². The third kappa shape index (κ3) is 3.02. The molecule has 0 saturated carbocycles. The fraction of sp³-hybridized carbons (Fsp3) is 0.0769. The third-order valence-corrected chi connectivity index (χ3v) is 2.76. The average Bonchev–Trinajstić information content (AvgIpc) is 2.45. The number of aromatic carboxylic acids is 1. The topological polar surface area (TPSA) is 98.9 Å². The lowest BCUT2D eigenvalue weighted by molar-refractivity contribution is 0.0697. The van der Waals surface area contributed by atoms with Crippen LogP contribution < -0.4 is 5.32 Å². The molecule has 2 aromatic rings. The number of nitriles is 1. The summed E-state index contributed by atoms with van der Waals surface area (Å²) >= 11 is 5.65. The molecule has 2 N–H and O–H groups in total. The Morgan fingerprint density at radius 3 is 2.90 bits per heavy atom. The van der Waals surface area contributed by atoms with Crippen LogP contribution in [0.25, 0.3) is 0 Å². The molecule has 1 aromatic carbocycles. The van der Waals surface area contributed by atoms with Crippen LogP contribution in [0.4, 0.5) is 5.82 Å². The number of hydrogen-bond acceptors (Lipinski definition) is 5. The lowest BCUT2D eigenvalue weighted by Gasteiger charge is -2.09. The van der Waals surface area contributed by atoms with Gasteiger partial charge in [-0.2, -0.15) is 10.2 Å². The fourth-order valence-corrected chi connectivity index (χ4v) is 1.75. The maximum atomic E-state index is 11.1. The van der Waals surface area contributed by atoms with Gasteiger partial charge in [-0.05, 0) is 23.2 Å². The Morgan fingerprint density at radius 1 is 1.45 bits per heavy atom. The van der Waals surface area contributed by atoms with Crippen molar-refractivity contribution in [1.29, 1.82) is 5.26 Å². The number of nitrogens with one attached hydrogen (secondary N) is 1. The molecule has 0 bridgehead atoms. The summed E-state index contributed by atoms with van der Waals surface area (Å²) in [7, 11) is 0. The van der Waals surface area contributed by atoms with Crippen LogP contribution >= 0.6 is 11.6 Å². The van der Waals surface area contributed by atoms with Crippen LogP contribution in [0, 0.1) is 11.3 Å². The van der Waals surface area contributed by atoms with Gasteiger partial charge in [0.1, 0.15) is 11.4 Å². The van der Waals surface area contributed by atoms with Crippen molar-refractivity contribution in [2.75, 3.05) is 5.32 Å². The molecule has 0 spiro atoms. The molecule has 1 aromatic heterocycles. The van der Waals surface area contributed by atoms with Crippen molar-refractivity contribution >= 4 is 23.4 Å². The van der Waals surface area contributed by atoms with Gasteiger partial charge in [-0.1, -0.05) is 18.2 Å². The standard InChI is InChI=1S/C13H9ClN4O2/c14-13-17-7-10(12(19)20)11(18-13)16-6-9-4-2-1-3-8(9)5-15/h1-4,7H,6H2,(H,19,20)(H,16,17,18). The summed E-state index contributed by atoms with van der Waals surface area (Å²) in [5.74, 6) is -1.04. The van der Waals surface area contributed by atoms with Gasteiger partial charge >= 0.3 is 5.97 Å². The maximum absolute atomic E-state index is 11.1. The van der Waals surface area contributed by atoms with Gasteiger partial charge in [-0.25, -0.2) is 9.78 Å². The highest BCUT2D eigenvalue weighted by molar-refractivity contribution is 6.28. The SMILES string of the molecule is N#Cc1ccccc1CNc1nc(Cl)ncc1C(=O)O. The van der Waals surface area contributed by atoms with Crippen LogP contribution in [-0.4, -0.2) is 21.0 Å². The maximum Gasteiger partial charge on any atom is 0.341 e. The van der Waals surface area contributed by atoms with Crippen LogP contribution in [0.3, 0.4) is 0 Å². The molecule has 0 amide bonds. The quantitative estimate of drug-likeness (QED) is 0.838. The number of carbonyl (C=O) groups is 1. The van der Waals surface area contributed by atoms with Gasteiger partial charge in [0.05, 0.1) is 11.6 Å². The molecular formula is C13H9ClN4O2. The van der Waals surface area contributed by atoms with Gasteiger partial charge in [-0.3, -0.25) is 0 Å². The molecule has 0 unspecified atom stereocenters. The molecule has 1 heterocycles. The van der Waals surface area contributed by atoms with Gasteiger partial charge in [0, 0.05) is 12.7 Å². The van der Waals surface area contributed by atoms with E-state index in [0.29, 0.717) is 5.56 Å². The summed E-state index contributed by atoms with van der Waals surface area (Å²) in [6.45, 7) is 0.261. The molecule has 0 aliphatic carbocycles. The zero-order chi connectivity index (χ0) is 14.5. The minimum Gasteiger partial charge on any atom is -0.477 e. The molecule has 0 aliphatic heterocycles. The highest BCUT2D eigenvalue weighted by atomic mass is 35.5. The minimum atomic E-state index is -1.15. The van der Waals surface area contributed by atoms with E-state index in [1.165, 1.54) is 0 Å². The highest BCUT2D eigenvalue weighted by Gasteiger charge is 2.13. The molecule has 6 nitrogen and oxygen atoms in total. The van der Waals surface area contributed by atoms with Gasteiger partial charge in [0.25, 0.3) is 0 Å². The smallest absolute Gasteiger partial charge is 0.341 e. The molecule has 20 heavy (non-hydrogen) atoms. The third-order valence-electron chi connectivity index (χ3n) is 2.57. The first-order valence-corrected chi connectivity index (χ1v) is 5.97. The summed E-state index contributed by atoms with van der Waals surface area (Å²) in [6, 6.07) is 9.07. The van der Waals surface area contributed by atoms with Crippen LogP contribution in [0.1, 0.15) is 21.5 Å². The molecule has 0 saturated heterocycles. The van der Waals surface area contributed by atoms with Gasteiger partial charge in [0.2, 0.25) is 5.28 Å². The Kier molecular flexibility index (Phi) is 4.13. The Bertz CT molecular complexity index is 697. The molecule has 7 heteroatoms. The van der Waals surface area contributed by atoms with Crippen LogP contribution in [-0.2, 0) is 6.54 Å². The first-order valence-electron chi connectivity index (χ1n) is 5.59. The Labute approximate surface area is 119 Å². The second-order valence-electron chi connectivity index (χ2n) is 3.83. The number of benzene rings is 1. The van der Waals surface area contributed by atoms with E-state index in [1.807, 2.05) is 0 Å². The Hall–Kier alpha value is -2.65. The van der Waals surface area contributed by atoms with Crippen LogP contribution in [0.2, 0.25) is 5.28 Å². The lowest BCUT2D eigenvalue weighted by Crippen LogP contribution is -2.10. The van der Waals surface area contributed by atoms with E-state index in [9.17, 15) is 4.79 Å². The predicted octanol–water partition coefficient (Wildman–Crippen LogP) is 2.31. The number of halogens is 1. The van der Waals surface area contributed by atoms with E-state index in [4.69, 9.17) is 22.0 Å². The number of nitrogens with zero attached hydrogens (tertiary/aromatic N) is 3.